The first-order valence-electron chi connectivity index (χ1n) is 10.4. The van der Waals surface area contributed by atoms with Crippen LogP contribution in [-0.2, 0) is 18.9 Å². The fraction of sp³-hybridized carbons (Fsp3) is 0.632. The van der Waals surface area contributed by atoms with E-state index in [-0.39, 0.29) is 39.6 Å². The van der Waals surface area contributed by atoms with Crippen molar-refractivity contribution in [1.82, 2.24) is 5.32 Å². The summed E-state index contributed by atoms with van der Waals surface area (Å²) in [6, 6.07) is 0. The Kier molecular flexibility index (Phi) is 11.7. The lowest BCUT2D eigenvalue weighted by molar-refractivity contribution is -0.302. The largest absolute Gasteiger partial charge is 0.394 e. The summed E-state index contributed by atoms with van der Waals surface area (Å²) in [6.45, 7) is -1.03. The molecule has 17 heteroatoms. The summed E-state index contributed by atoms with van der Waals surface area (Å²) in [5, 5.41) is 42.8. The summed E-state index contributed by atoms with van der Waals surface area (Å²) in [5.74, 6) is -9.52. The van der Waals surface area contributed by atoms with E-state index in [2.05, 4.69) is 10.0 Å². The zero-order valence-corrected chi connectivity index (χ0v) is 18.5. The summed E-state index contributed by atoms with van der Waals surface area (Å²) in [5.41, 5.74) is 5.15. The zero-order valence-electron chi connectivity index (χ0n) is 18.5. The number of halogens is 4. The molecule has 0 aromatic heterocycles. The van der Waals surface area contributed by atoms with Gasteiger partial charge in [0.1, 0.15) is 35.7 Å². The van der Waals surface area contributed by atoms with E-state index in [4.69, 9.17) is 29.6 Å². The standard InChI is InChI=1S/C19H24F4N4O9/c20-10-9(11(21)13(23)14(12(10)22)26-27-24)18(32)25-1-2-33-3-4-34-5-6-35-19-17(31)16(30)15(29)8(7-28)36-19/h8,15-17,19,28-31H,1-7H2,(H,25,32)/t8?,15-,16?,17?,19+/m0/s1. The first-order valence-corrected chi connectivity index (χ1v) is 10.4. The van der Waals surface area contributed by atoms with Crippen LogP contribution >= 0.6 is 0 Å². The van der Waals surface area contributed by atoms with Gasteiger partial charge in [-0.2, -0.15) is 0 Å². The van der Waals surface area contributed by atoms with Gasteiger partial charge in [-0.05, 0) is 5.53 Å². The minimum Gasteiger partial charge on any atom is -0.394 e. The highest BCUT2D eigenvalue weighted by atomic mass is 19.2. The van der Waals surface area contributed by atoms with Crippen molar-refractivity contribution in [2.75, 3.05) is 46.2 Å². The Hall–Kier alpha value is -2.60. The van der Waals surface area contributed by atoms with E-state index in [0.29, 0.717) is 0 Å². The van der Waals surface area contributed by atoms with Crippen molar-refractivity contribution in [1.29, 1.82) is 0 Å². The lowest BCUT2D eigenvalue weighted by Crippen LogP contribution is -2.59. The maximum absolute atomic E-state index is 13.9. The fourth-order valence-electron chi connectivity index (χ4n) is 3.03. The summed E-state index contributed by atoms with van der Waals surface area (Å²) >= 11 is 0. The molecule has 1 aromatic carbocycles. The van der Waals surface area contributed by atoms with Gasteiger partial charge in [0.15, 0.2) is 29.6 Å². The monoisotopic (exact) mass is 528 g/mol. The van der Waals surface area contributed by atoms with Crippen LogP contribution in [0.15, 0.2) is 5.11 Å². The minimum absolute atomic E-state index is 0.0106. The number of amides is 1. The maximum atomic E-state index is 13.9. The average molecular weight is 528 g/mol. The third-order valence-electron chi connectivity index (χ3n) is 4.87. The van der Waals surface area contributed by atoms with Gasteiger partial charge >= 0.3 is 0 Å². The number of rotatable bonds is 13. The number of benzene rings is 1. The third kappa shape index (κ3) is 7.22. The number of nitrogens with zero attached hydrogens (tertiary/aromatic N) is 3. The van der Waals surface area contributed by atoms with Crippen LogP contribution in [0.1, 0.15) is 10.4 Å². The van der Waals surface area contributed by atoms with Crippen molar-refractivity contribution in [3.8, 4) is 0 Å². The van der Waals surface area contributed by atoms with Gasteiger partial charge in [-0.15, -0.1) is 0 Å². The van der Waals surface area contributed by atoms with E-state index in [9.17, 15) is 37.7 Å². The van der Waals surface area contributed by atoms with Gasteiger partial charge in [0.05, 0.1) is 39.6 Å². The Bertz CT molecular complexity index is 923. The van der Waals surface area contributed by atoms with Gasteiger partial charge in [0, 0.05) is 11.5 Å². The van der Waals surface area contributed by atoms with Gasteiger partial charge in [-0.1, -0.05) is 5.11 Å². The number of nitrogens with one attached hydrogen (secondary N) is 1. The number of hydrogen-bond donors (Lipinski definition) is 5. The van der Waals surface area contributed by atoms with Crippen LogP contribution in [0.2, 0.25) is 0 Å². The molecule has 13 nitrogen and oxygen atoms in total. The van der Waals surface area contributed by atoms with Crippen molar-refractivity contribution >= 4 is 11.6 Å². The quantitative estimate of drug-likeness (QED) is 0.0573. The lowest BCUT2D eigenvalue weighted by atomic mass is 9.99. The summed E-state index contributed by atoms with van der Waals surface area (Å²) in [7, 11) is 0. The Morgan fingerprint density at radius 3 is 2.11 bits per heavy atom. The number of ether oxygens (including phenoxy) is 4. The number of aliphatic hydroxyl groups excluding tert-OH is 4. The molecule has 1 fully saturated rings. The predicted molar refractivity (Wildman–Crippen MR) is 109 cm³/mol. The van der Waals surface area contributed by atoms with E-state index in [1.54, 1.807) is 0 Å². The molecule has 1 aliphatic heterocycles. The number of aliphatic hydroxyl groups is 4. The van der Waals surface area contributed by atoms with Gasteiger partial charge in [0.2, 0.25) is 0 Å². The molecule has 3 unspecified atom stereocenters. The number of carbonyl (C=O) groups is 1. The van der Waals surface area contributed by atoms with Crippen LogP contribution in [-0.4, -0.2) is 103 Å². The highest BCUT2D eigenvalue weighted by Gasteiger charge is 2.43. The smallest absolute Gasteiger partial charge is 0.257 e. The lowest BCUT2D eigenvalue weighted by Gasteiger charge is -2.39. The molecule has 2 rings (SSSR count). The van der Waals surface area contributed by atoms with Crippen LogP contribution < -0.4 is 5.32 Å². The second kappa shape index (κ2) is 14.2. The number of hydrogen-bond acceptors (Lipinski definition) is 10. The molecule has 1 heterocycles. The molecule has 5 N–H and O–H groups in total. The number of azide groups is 1. The first-order chi connectivity index (χ1) is 17.1. The summed E-state index contributed by atoms with van der Waals surface area (Å²) < 4.78 is 76.0. The van der Waals surface area contributed by atoms with Crippen molar-refractivity contribution in [2.45, 2.75) is 30.7 Å². The van der Waals surface area contributed by atoms with Gasteiger partial charge in [-0.3, -0.25) is 4.79 Å². The number of carbonyl (C=O) groups excluding carboxylic acids is 1. The zero-order chi connectivity index (χ0) is 26.8. The van der Waals surface area contributed by atoms with Crippen LogP contribution in [0, 0.1) is 23.3 Å². The normalized spacial score (nSPS) is 23.8. The molecule has 5 atom stereocenters. The van der Waals surface area contributed by atoms with E-state index >= 15 is 0 Å². The fourth-order valence-corrected chi connectivity index (χ4v) is 3.03. The molecule has 36 heavy (non-hydrogen) atoms. The molecule has 0 spiro atoms. The van der Waals surface area contributed by atoms with Crippen molar-refractivity contribution < 1.29 is 61.7 Å². The molecule has 0 saturated carbocycles. The SMILES string of the molecule is [N-]=[N+]=Nc1c(F)c(F)c(C(=O)NCCOCCOCCO[C@@H]2OC(CO)[C@H](O)C(O)C2O)c(F)c1F. The highest BCUT2D eigenvalue weighted by molar-refractivity contribution is 5.95. The third-order valence-corrected chi connectivity index (χ3v) is 4.87. The molecule has 1 aromatic rings. The molecule has 0 aliphatic carbocycles. The van der Waals surface area contributed by atoms with Crippen LogP contribution in [0.3, 0.4) is 0 Å². The molecular formula is C19H24F4N4O9. The Balaban J connectivity index is 1.64. The minimum atomic E-state index is -2.02. The van der Waals surface area contributed by atoms with Gasteiger partial charge in [0.25, 0.3) is 5.91 Å². The Morgan fingerprint density at radius 2 is 1.53 bits per heavy atom. The van der Waals surface area contributed by atoms with E-state index in [1.165, 1.54) is 0 Å². The van der Waals surface area contributed by atoms with Crippen LogP contribution in [0.25, 0.3) is 10.4 Å². The van der Waals surface area contributed by atoms with Crippen molar-refractivity contribution in [2.24, 2.45) is 5.11 Å². The summed E-state index contributed by atoms with van der Waals surface area (Å²) in [6.07, 6.45) is -7.02. The average Bonchev–Trinajstić information content (AvgIpc) is 2.86. The second-order valence-electron chi connectivity index (χ2n) is 7.22. The second-order valence-corrected chi connectivity index (χ2v) is 7.22. The highest BCUT2D eigenvalue weighted by Crippen LogP contribution is 2.30. The molecule has 1 saturated heterocycles. The van der Waals surface area contributed by atoms with E-state index in [1.807, 2.05) is 5.32 Å². The van der Waals surface area contributed by atoms with E-state index in [0.717, 1.165) is 0 Å². The topological polar surface area (TPSA) is 196 Å². The van der Waals surface area contributed by atoms with Gasteiger partial charge in [-0.25, -0.2) is 17.6 Å². The molecule has 0 bridgehead atoms. The molecule has 1 amide bonds. The van der Waals surface area contributed by atoms with Crippen LogP contribution in [0.4, 0.5) is 23.2 Å². The van der Waals surface area contributed by atoms with E-state index < -0.39 is 77.7 Å². The Labute approximate surface area is 200 Å². The first kappa shape index (κ1) is 29.6. The van der Waals surface area contributed by atoms with Crippen molar-refractivity contribution in [3.63, 3.8) is 0 Å². The molecule has 202 valence electrons. The van der Waals surface area contributed by atoms with Crippen molar-refractivity contribution in [3.05, 3.63) is 39.3 Å². The van der Waals surface area contributed by atoms with Gasteiger partial charge < -0.3 is 44.7 Å². The Morgan fingerprint density at radius 1 is 0.944 bits per heavy atom. The predicted octanol–water partition coefficient (Wildman–Crippen LogP) is -0.236. The molecular weight excluding hydrogens is 504 g/mol. The maximum Gasteiger partial charge on any atom is 0.257 e. The molecule has 0 radical (unpaired) electrons. The molecule has 1 aliphatic rings. The summed E-state index contributed by atoms with van der Waals surface area (Å²) in [4.78, 5) is 14.0. The van der Waals surface area contributed by atoms with Crippen LogP contribution in [0.5, 0.6) is 0 Å².